The van der Waals surface area contributed by atoms with Gasteiger partial charge in [-0.25, -0.2) is 4.79 Å². The molecule has 0 atom stereocenters. The number of aromatic nitrogens is 1. The summed E-state index contributed by atoms with van der Waals surface area (Å²) in [7, 11) is 4.08. The van der Waals surface area contributed by atoms with Crippen LogP contribution in [0, 0.1) is 0 Å². The second-order valence-electron chi connectivity index (χ2n) is 6.49. The SMILES string of the molecule is CCOC(=O)c1cnc2ccc(Br)cc2c1Nc1ccc(CN(C)C)cc1. The van der Waals surface area contributed by atoms with Gasteiger partial charge in [0.1, 0.15) is 5.56 Å². The number of pyridine rings is 1. The quantitative estimate of drug-likeness (QED) is 0.562. The van der Waals surface area contributed by atoms with Gasteiger partial charge in [0.05, 0.1) is 17.8 Å². The second kappa shape index (κ2) is 8.50. The molecule has 0 bridgehead atoms. The molecule has 27 heavy (non-hydrogen) atoms. The normalized spacial score (nSPS) is 11.0. The van der Waals surface area contributed by atoms with Crippen LogP contribution in [-0.2, 0) is 11.3 Å². The largest absolute Gasteiger partial charge is 0.462 e. The van der Waals surface area contributed by atoms with Gasteiger partial charge < -0.3 is 15.0 Å². The Hall–Kier alpha value is -2.44. The van der Waals surface area contributed by atoms with E-state index in [4.69, 9.17) is 4.74 Å². The van der Waals surface area contributed by atoms with Gasteiger partial charge in [-0.2, -0.15) is 0 Å². The van der Waals surface area contributed by atoms with Crippen molar-refractivity contribution < 1.29 is 9.53 Å². The fourth-order valence-corrected chi connectivity index (χ4v) is 3.23. The third-order valence-corrected chi connectivity index (χ3v) is 4.54. The third kappa shape index (κ3) is 4.64. The number of fused-ring (bicyclic) bond motifs is 1. The maximum Gasteiger partial charge on any atom is 0.341 e. The highest BCUT2D eigenvalue weighted by Gasteiger charge is 2.17. The van der Waals surface area contributed by atoms with E-state index in [0.717, 1.165) is 27.6 Å². The predicted molar refractivity (Wildman–Crippen MR) is 113 cm³/mol. The summed E-state index contributed by atoms with van der Waals surface area (Å²) >= 11 is 3.50. The lowest BCUT2D eigenvalue weighted by Gasteiger charge is -2.15. The van der Waals surface area contributed by atoms with Gasteiger partial charge in [-0.05, 0) is 56.9 Å². The van der Waals surface area contributed by atoms with Crippen molar-refractivity contribution in [3.63, 3.8) is 0 Å². The highest BCUT2D eigenvalue weighted by Crippen LogP contribution is 2.31. The summed E-state index contributed by atoms with van der Waals surface area (Å²) < 4.78 is 6.13. The molecule has 1 heterocycles. The molecule has 0 radical (unpaired) electrons. The second-order valence-corrected chi connectivity index (χ2v) is 7.40. The van der Waals surface area contributed by atoms with Gasteiger partial charge >= 0.3 is 5.97 Å². The van der Waals surface area contributed by atoms with E-state index >= 15 is 0 Å². The molecule has 0 amide bonds. The zero-order valence-electron chi connectivity index (χ0n) is 15.6. The number of carbonyl (C=O) groups excluding carboxylic acids is 1. The minimum absolute atomic E-state index is 0.314. The molecule has 1 aromatic heterocycles. The Kier molecular flexibility index (Phi) is 6.08. The Balaban J connectivity index is 2.03. The summed E-state index contributed by atoms with van der Waals surface area (Å²) in [6.45, 7) is 2.98. The number of esters is 1. The number of ether oxygens (including phenoxy) is 1. The minimum atomic E-state index is -0.390. The zero-order valence-corrected chi connectivity index (χ0v) is 17.2. The van der Waals surface area contributed by atoms with Gasteiger partial charge in [0.25, 0.3) is 0 Å². The van der Waals surface area contributed by atoms with E-state index in [-0.39, 0.29) is 0 Å². The maximum absolute atomic E-state index is 12.4. The molecule has 140 valence electrons. The van der Waals surface area contributed by atoms with Crippen molar-refractivity contribution in [2.24, 2.45) is 0 Å². The van der Waals surface area contributed by atoms with E-state index in [0.29, 0.717) is 17.9 Å². The molecule has 0 saturated heterocycles. The van der Waals surface area contributed by atoms with E-state index < -0.39 is 5.97 Å². The summed E-state index contributed by atoms with van der Waals surface area (Å²) in [4.78, 5) is 19.0. The van der Waals surface area contributed by atoms with Gasteiger partial charge in [-0.3, -0.25) is 4.98 Å². The number of hydrogen-bond donors (Lipinski definition) is 1. The van der Waals surface area contributed by atoms with Gasteiger partial charge in [0, 0.05) is 28.3 Å². The standard InChI is InChI=1S/C21H22BrN3O2/c1-4-27-21(26)18-12-23-19-10-7-15(22)11-17(19)20(18)24-16-8-5-14(6-9-16)13-25(2)3/h5-12H,4,13H2,1-3H3,(H,23,24). The molecule has 2 aromatic carbocycles. The number of nitrogens with zero attached hydrogens (tertiary/aromatic N) is 2. The number of halogens is 1. The van der Waals surface area contributed by atoms with Crippen LogP contribution in [0.15, 0.2) is 53.1 Å². The Morgan fingerprint density at radius 1 is 1.19 bits per heavy atom. The number of hydrogen-bond acceptors (Lipinski definition) is 5. The molecule has 3 rings (SSSR count). The van der Waals surface area contributed by atoms with Crippen LogP contribution in [-0.4, -0.2) is 36.6 Å². The van der Waals surface area contributed by atoms with Crippen molar-refractivity contribution in [3.05, 3.63) is 64.3 Å². The first kappa shape index (κ1) is 19.3. The van der Waals surface area contributed by atoms with Gasteiger partial charge in [0.2, 0.25) is 0 Å². The molecule has 0 saturated carbocycles. The fraction of sp³-hybridized carbons (Fsp3) is 0.238. The third-order valence-electron chi connectivity index (χ3n) is 4.05. The minimum Gasteiger partial charge on any atom is -0.462 e. The molecule has 0 fully saturated rings. The summed E-state index contributed by atoms with van der Waals surface area (Å²) in [5, 5.41) is 4.24. The summed E-state index contributed by atoms with van der Waals surface area (Å²) in [5.74, 6) is -0.390. The zero-order chi connectivity index (χ0) is 19.4. The van der Waals surface area contributed by atoms with Crippen molar-refractivity contribution in [1.82, 2.24) is 9.88 Å². The van der Waals surface area contributed by atoms with Crippen LogP contribution in [0.25, 0.3) is 10.9 Å². The van der Waals surface area contributed by atoms with Crippen LogP contribution in [0.3, 0.4) is 0 Å². The van der Waals surface area contributed by atoms with Crippen molar-refractivity contribution in [2.75, 3.05) is 26.0 Å². The molecule has 0 unspecified atom stereocenters. The molecule has 0 aliphatic rings. The number of nitrogens with one attached hydrogen (secondary N) is 1. The topological polar surface area (TPSA) is 54.5 Å². The molecule has 0 aliphatic heterocycles. The van der Waals surface area contributed by atoms with E-state index in [1.807, 2.05) is 44.4 Å². The first-order chi connectivity index (χ1) is 13.0. The molecule has 1 N–H and O–H groups in total. The van der Waals surface area contributed by atoms with Crippen LogP contribution in [0.5, 0.6) is 0 Å². The van der Waals surface area contributed by atoms with E-state index in [2.05, 4.69) is 43.3 Å². The van der Waals surface area contributed by atoms with Crippen LogP contribution < -0.4 is 5.32 Å². The Morgan fingerprint density at radius 3 is 2.59 bits per heavy atom. The van der Waals surface area contributed by atoms with Gasteiger partial charge in [0.15, 0.2) is 0 Å². The number of carbonyl (C=O) groups is 1. The maximum atomic E-state index is 12.4. The first-order valence-corrected chi connectivity index (χ1v) is 9.53. The fourth-order valence-electron chi connectivity index (χ4n) is 2.87. The Labute approximate surface area is 167 Å². The molecular formula is C21H22BrN3O2. The predicted octanol–water partition coefficient (Wildman–Crippen LogP) is 4.98. The van der Waals surface area contributed by atoms with E-state index in [1.165, 1.54) is 5.56 Å². The van der Waals surface area contributed by atoms with Crippen molar-refractivity contribution in [3.8, 4) is 0 Å². The molecule has 5 nitrogen and oxygen atoms in total. The van der Waals surface area contributed by atoms with Crippen LogP contribution in [0.1, 0.15) is 22.8 Å². The molecule has 0 spiro atoms. The average molecular weight is 428 g/mol. The van der Waals surface area contributed by atoms with Crippen molar-refractivity contribution in [2.45, 2.75) is 13.5 Å². The number of rotatable bonds is 6. The summed E-state index contributed by atoms with van der Waals surface area (Å²) in [6, 6.07) is 14.0. The highest BCUT2D eigenvalue weighted by atomic mass is 79.9. The monoisotopic (exact) mass is 427 g/mol. The Bertz CT molecular complexity index is 956. The summed E-state index contributed by atoms with van der Waals surface area (Å²) in [5.41, 5.74) is 4.03. The first-order valence-electron chi connectivity index (χ1n) is 8.74. The molecular weight excluding hydrogens is 406 g/mol. The molecule has 3 aromatic rings. The van der Waals surface area contributed by atoms with E-state index in [9.17, 15) is 4.79 Å². The molecule has 6 heteroatoms. The Morgan fingerprint density at radius 2 is 1.93 bits per heavy atom. The lowest BCUT2D eigenvalue weighted by atomic mass is 10.1. The lowest BCUT2D eigenvalue weighted by molar-refractivity contribution is 0.0527. The van der Waals surface area contributed by atoms with Crippen LogP contribution in [0.4, 0.5) is 11.4 Å². The van der Waals surface area contributed by atoms with Crippen LogP contribution in [0.2, 0.25) is 0 Å². The van der Waals surface area contributed by atoms with Crippen molar-refractivity contribution >= 4 is 44.2 Å². The number of benzene rings is 2. The van der Waals surface area contributed by atoms with E-state index in [1.54, 1.807) is 13.1 Å². The van der Waals surface area contributed by atoms with Crippen molar-refractivity contribution in [1.29, 1.82) is 0 Å². The number of anilines is 2. The van der Waals surface area contributed by atoms with Gasteiger partial charge in [-0.1, -0.05) is 28.1 Å². The van der Waals surface area contributed by atoms with Crippen LogP contribution >= 0.6 is 15.9 Å². The highest BCUT2D eigenvalue weighted by molar-refractivity contribution is 9.10. The average Bonchev–Trinajstić information content (AvgIpc) is 2.63. The lowest BCUT2D eigenvalue weighted by Crippen LogP contribution is -2.11. The molecule has 0 aliphatic carbocycles. The smallest absolute Gasteiger partial charge is 0.341 e. The summed E-state index contributed by atoms with van der Waals surface area (Å²) in [6.07, 6.45) is 1.57. The van der Waals surface area contributed by atoms with Gasteiger partial charge in [-0.15, -0.1) is 0 Å².